The lowest BCUT2D eigenvalue weighted by molar-refractivity contribution is -0.137. The third kappa shape index (κ3) is 4.54. The summed E-state index contributed by atoms with van der Waals surface area (Å²) in [7, 11) is 0. The predicted molar refractivity (Wildman–Crippen MR) is 97.7 cm³/mol. The van der Waals surface area contributed by atoms with Gasteiger partial charge in [-0.2, -0.15) is 13.2 Å². The molecule has 0 bridgehead atoms. The van der Waals surface area contributed by atoms with Gasteiger partial charge in [-0.1, -0.05) is 36.4 Å². The van der Waals surface area contributed by atoms with Crippen LogP contribution in [-0.2, 0) is 16.5 Å². The van der Waals surface area contributed by atoms with Crippen molar-refractivity contribution < 1.29 is 27.8 Å². The van der Waals surface area contributed by atoms with Crippen molar-refractivity contribution in [3.05, 3.63) is 71.3 Å². The van der Waals surface area contributed by atoms with Crippen LogP contribution in [0.4, 0.5) is 13.2 Å². The molecule has 2 aromatic rings. The summed E-state index contributed by atoms with van der Waals surface area (Å²) in [6.07, 6.45) is -3.27. The highest BCUT2D eigenvalue weighted by Crippen LogP contribution is 2.36. The number of halogens is 3. The normalized spacial score (nSPS) is 17.7. The Labute approximate surface area is 161 Å². The minimum atomic E-state index is -4.52. The van der Waals surface area contributed by atoms with Crippen LogP contribution in [0.1, 0.15) is 34.3 Å². The van der Waals surface area contributed by atoms with Gasteiger partial charge in [0.1, 0.15) is 5.60 Å². The van der Waals surface area contributed by atoms with E-state index in [-0.39, 0.29) is 18.0 Å². The maximum atomic E-state index is 12.9. The number of ether oxygens (including phenoxy) is 1. The van der Waals surface area contributed by atoms with Crippen molar-refractivity contribution in [3.8, 4) is 0 Å². The quantitative estimate of drug-likeness (QED) is 0.814. The summed E-state index contributed by atoms with van der Waals surface area (Å²) in [5, 5.41) is 14.1. The zero-order valence-corrected chi connectivity index (χ0v) is 15.2. The highest BCUT2D eigenvalue weighted by molar-refractivity contribution is 5.94. The summed E-state index contributed by atoms with van der Waals surface area (Å²) in [4.78, 5) is 12.5. The van der Waals surface area contributed by atoms with Crippen LogP contribution in [0.15, 0.2) is 54.6 Å². The number of nitrogens with one attached hydrogen (secondary N) is 1. The molecule has 0 unspecified atom stereocenters. The smallest absolute Gasteiger partial charge is 0.383 e. The van der Waals surface area contributed by atoms with Gasteiger partial charge in [-0.3, -0.25) is 4.79 Å². The molecule has 1 atom stereocenters. The zero-order chi connectivity index (χ0) is 20.2. The van der Waals surface area contributed by atoms with E-state index >= 15 is 0 Å². The lowest BCUT2D eigenvalue weighted by Crippen LogP contribution is -2.47. The Morgan fingerprint density at radius 3 is 2.32 bits per heavy atom. The summed E-state index contributed by atoms with van der Waals surface area (Å²) >= 11 is 0. The molecular weight excluding hydrogens is 371 g/mol. The number of rotatable bonds is 5. The van der Waals surface area contributed by atoms with Crippen molar-refractivity contribution in [2.75, 3.05) is 19.8 Å². The number of benzene rings is 2. The number of alkyl halides is 3. The average Bonchev–Trinajstić information content (AvgIpc) is 2.72. The first-order chi connectivity index (χ1) is 13.3. The standard InChI is InChI=1S/C21H22F3NO3/c22-21(23,24)18-8-4-5-15(13-18)19(26)25-14-20(27,16-6-2-1-3-7-16)17-9-11-28-12-10-17/h1-8,13,17,27H,9-12,14H2,(H,25,26)/t20-/m0/s1. The van der Waals surface area contributed by atoms with Crippen LogP contribution in [0.3, 0.4) is 0 Å². The van der Waals surface area contributed by atoms with E-state index in [0.29, 0.717) is 31.6 Å². The number of amides is 1. The lowest BCUT2D eigenvalue weighted by atomic mass is 9.77. The first-order valence-electron chi connectivity index (χ1n) is 9.12. The number of carbonyl (C=O) groups excluding carboxylic acids is 1. The first-order valence-corrected chi connectivity index (χ1v) is 9.12. The third-order valence-corrected chi connectivity index (χ3v) is 5.14. The molecule has 3 rings (SSSR count). The Morgan fingerprint density at radius 2 is 1.68 bits per heavy atom. The molecule has 0 aromatic heterocycles. The molecule has 7 heteroatoms. The SMILES string of the molecule is O=C(NC[C@](O)(c1ccccc1)C1CCOCC1)c1cccc(C(F)(F)F)c1. The predicted octanol–water partition coefficient (Wildman–Crippen LogP) is 3.75. The number of carbonyl (C=O) groups is 1. The first kappa shape index (κ1) is 20.4. The van der Waals surface area contributed by atoms with Gasteiger partial charge in [0, 0.05) is 18.8 Å². The van der Waals surface area contributed by atoms with Gasteiger partial charge in [0.15, 0.2) is 0 Å². The Kier molecular flexibility index (Phi) is 6.05. The Morgan fingerprint density at radius 1 is 1.04 bits per heavy atom. The van der Waals surface area contributed by atoms with E-state index < -0.39 is 23.2 Å². The second-order valence-corrected chi connectivity index (χ2v) is 6.94. The maximum absolute atomic E-state index is 12.9. The molecule has 1 aliphatic rings. The van der Waals surface area contributed by atoms with Crippen molar-refractivity contribution in [3.63, 3.8) is 0 Å². The molecule has 150 valence electrons. The summed E-state index contributed by atoms with van der Waals surface area (Å²) in [6.45, 7) is 0.930. The van der Waals surface area contributed by atoms with Gasteiger partial charge in [0.25, 0.3) is 5.91 Å². The molecule has 0 radical (unpaired) electrons. The van der Waals surface area contributed by atoms with Crippen LogP contribution >= 0.6 is 0 Å². The summed E-state index contributed by atoms with van der Waals surface area (Å²) in [5.41, 5.74) is -1.66. The van der Waals surface area contributed by atoms with Gasteiger partial charge in [0.05, 0.1) is 12.1 Å². The molecule has 0 spiro atoms. The fourth-order valence-electron chi connectivity index (χ4n) is 3.54. The number of hydrogen-bond acceptors (Lipinski definition) is 3. The Balaban J connectivity index is 1.79. The molecule has 1 heterocycles. The molecular formula is C21H22F3NO3. The molecule has 1 saturated heterocycles. The molecule has 1 fully saturated rings. The molecule has 0 saturated carbocycles. The molecule has 2 N–H and O–H groups in total. The van der Waals surface area contributed by atoms with Crippen molar-refractivity contribution >= 4 is 5.91 Å². The van der Waals surface area contributed by atoms with Gasteiger partial charge in [-0.25, -0.2) is 0 Å². The Hall–Kier alpha value is -2.38. The van der Waals surface area contributed by atoms with Gasteiger partial charge >= 0.3 is 6.18 Å². The van der Waals surface area contributed by atoms with E-state index in [0.717, 1.165) is 12.1 Å². The lowest BCUT2D eigenvalue weighted by Gasteiger charge is -2.39. The molecule has 28 heavy (non-hydrogen) atoms. The maximum Gasteiger partial charge on any atom is 0.416 e. The van der Waals surface area contributed by atoms with Crippen LogP contribution in [-0.4, -0.2) is 30.8 Å². The zero-order valence-electron chi connectivity index (χ0n) is 15.2. The number of aliphatic hydroxyl groups is 1. The minimum Gasteiger partial charge on any atom is -0.383 e. The fourth-order valence-corrected chi connectivity index (χ4v) is 3.54. The minimum absolute atomic E-state index is 0.0998. The average molecular weight is 393 g/mol. The van der Waals surface area contributed by atoms with Gasteiger partial charge in [0.2, 0.25) is 0 Å². The molecule has 4 nitrogen and oxygen atoms in total. The van der Waals surface area contributed by atoms with E-state index in [1.54, 1.807) is 24.3 Å². The van der Waals surface area contributed by atoms with E-state index in [9.17, 15) is 23.1 Å². The van der Waals surface area contributed by atoms with E-state index in [1.807, 2.05) is 6.07 Å². The summed E-state index contributed by atoms with van der Waals surface area (Å²) in [6, 6.07) is 13.2. The van der Waals surface area contributed by atoms with Crippen LogP contribution in [0.2, 0.25) is 0 Å². The summed E-state index contributed by atoms with van der Waals surface area (Å²) in [5.74, 6) is -0.794. The van der Waals surface area contributed by atoms with Crippen molar-refractivity contribution in [2.45, 2.75) is 24.6 Å². The third-order valence-electron chi connectivity index (χ3n) is 5.14. The topological polar surface area (TPSA) is 58.6 Å². The summed E-state index contributed by atoms with van der Waals surface area (Å²) < 4.78 is 44.0. The highest BCUT2D eigenvalue weighted by atomic mass is 19.4. The highest BCUT2D eigenvalue weighted by Gasteiger charge is 2.39. The van der Waals surface area contributed by atoms with E-state index in [2.05, 4.69) is 5.32 Å². The second kappa shape index (κ2) is 8.32. The van der Waals surface area contributed by atoms with Crippen LogP contribution in [0, 0.1) is 5.92 Å². The number of hydrogen-bond donors (Lipinski definition) is 2. The molecule has 1 amide bonds. The molecule has 1 aliphatic heterocycles. The van der Waals surface area contributed by atoms with Crippen molar-refractivity contribution in [1.82, 2.24) is 5.32 Å². The van der Waals surface area contributed by atoms with Crippen LogP contribution in [0.25, 0.3) is 0 Å². The van der Waals surface area contributed by atoms with E-state index in [4.69, 9.17) is 4.74 Å². The largest absolute Gasteiger partial charge is 0.416 e. The van der Waals surface area contributed by atoms with Crippen molar-refractivity contribution in [1.29, 1.82) is 0 Å². The molecule has 0 aliphatic carbocycles. The molecule has 2 aromatic carbocycles. The van der Waals surface area contributed by atoms with Gasteiger partial charge < -0.3 is 15.2 Å². The monoisotopic (exact) mass is 393 g/mol. The Bertz CT molecular complexity index is 804. The van der Waals surface area contributed by atoms with Gasteiger partial charge in [-0.05, 0) is 42.5 Å². The van der Waals surface area contributed by atoms with E-state index in [1.165, 1.54) is 12.1 Å². The van der Waals surface area contributed by atoms with Crippen LogP contribution < -0.4 is 5.32 Å². The van der Waals surface area contributed by atoms with Gasteiger partial charge in [-0.15, -0.1) is 0 Å². The van der Waals surface area contributed by atoms with Crippen molar-refractivity contribution in [2.24, 2.45) is 5.92 Å². The van der Waals surface area contributed by atoms with Crippen LogP contribution in [0.5, 0.6) is 0 Å². The fraction of sp³-hybridized carbons (Fsp3) is 0.381. The second-order valence-electron chi connectivity index (χ2n) is 6.94.